The first-order chi connectivity index (χ1) is 55.0. The Morgan fingerprint density at radius 2 is 1.46 bits per heavy atom. The summed E-state index contributed by atoms with van der Waals surface area (Å²) in [5.74, 6) is -10.1. The van der Waals surface area contributed by atoms with Crippen LogP contribution in [-0.2, 0) is 117 Å². The summed E-state index contributed by atoms with van der Waals surface area (Å²) >= 11 is 0. The number of quaternary nitrogens is 1. The number of nitrogens with one attached hydrogen (secondary N) is 5. The van der Waals surface area contributed by atoms with Gasteiger partial charge in [0.25, 0.3) is 0 Å². The number of halogens is 1. The number of aliphatic hydroxyl groups excluding tert-OH is 1. The normalized spacial score (nSPS) is 24.7. The monoisotopic (exact) mass is 1590 g/mol. The quantitative estimate of drug-likeness (QED) is 0.0383. The Morgan fingerprint density at radius 3 is 2.21 bits per heavy atom. The van der Waals surface area contributed by atoms with Crippen LogP contribution < -0.4 is 31.3 Å². The van der Waals surface area contributed by atoms with E-state index in [1.54, 1.807) is 72.6 Å². The highest BCUT2D eigenvalue weighted by Gasteiger charge is 2.49. The Labute approximate surface area is 672 Å². The number of amides is 8. The molecule has 12 bridgehead atoms. The summed E-state index contributed by atoms with van der Waals surface area (Å²) in [6.07, 6.45) is 3.15. The second-order valence-electron chi connectivity index (χ2n) is 32.5. The minimum atomic E-state index is -1.82. The number of ketones is 4. The van der Waals surface area contributed by atoms with Crippen LogP contribution >= 0.6 is 0 Å². The van der Waals surface area contributed by atoms with Crippen LogP contribution in [0.25, 0.3) is 10.9 Å². The molecule has 5 aromatic rings. The number of aryl methyl sites for hydroxylation is 1. The van der Waals surface area contributed by atoms with Crippen LogP contribution in [0.5, 0.6) is 5.75 Å². The minimum absolute atomic E-state index is 0.00897. The van der Waals surface area contributed by atoms with E-state index < -0.39 is 132 Å². The minimum Gasteiger partial charge on any atom is -0.497 e. The Hall–Kier alpha value is -9.87. The molecule has 0 radical (unpaired) electrons. The molecule has 6 aliphatic rings. The smallest absolute Gasteiger partial charge is 0.246 e. The van der Waals surface area contributed by atoms with Gasteiger partial charge in [0.1, 0.15) is 60.5 Å². The topological polar surface area (TPSA) is 337 Å². The van der Waals surface area contributed by atoms with Crippen molar-refractivity contribution < 1.29 is 90.5 Å². The lowest BCUT2D eigenvalue weighted by Gasteiger charge is -2.37. The molecule has 4 aromatic carbocycles. The lowest BCUT2D eigenvalue weighted by atomic mass is 9.88. The van der Waals surface area contributed by atoms with Crippen molar-refractivity contribution in [2.75, 3.05) is 87.5 Å². The standard InChI is InChI=1S/C87H113FN10O17/c1-56-81(106)91-71-47-61-16-12-17-62(45-61)52-89-77(104)55-115-75-33-39-96-80(75)84(109)93-79(57(2)99)83(108)92-72(46-59-23-29-69(112-7)30-24-59)86(111)97-38-14-35-87(97,3)76(103)18-13-15-58-19-21-60(22-20-58)53-95(37-11-9-8-10-36-94-54-65(48-64(85(96)110)50-74(71)102)70-51-66(88)26-31-73(70)94)78(105)32-28-68(101)49-63(82(107)90-56)25-27-67(100)34-41-113-43-44-114-42-40-98(4,5)6/h8,10,12,16-17,19-24,26,29-31,45,51,54,56-57,63-64,71-72,75,79-80,99H,9,11,13-15,18,25,27-28,32-44,46-50,52-53,55H2,1-7H3,(H4-,89,90,91,92,93,104,106,107,108,109)/p+1/t56-,57-,63-,64-,71+,72+,75+,79+,80+,87+/m1/s1. The van der Waals surface area contributed by atoms with Gasteiger partial charge in [-0.25, -0.2) is 4.39 Å². The lowest BCUT2D eigenvalue weighted by Crippen LogP contribution is -2.62. The van der Waals surface area contributed by atoms with Crippen LogP contribution in [0.3, 0.4) is 0 Å². The second-order valence-corrected chi connectivity index (χ2v) is 32.5. The predicted molar refractivity (Wildman–Crippen MR) is 426 cm³/mol. The zero-order valence-corrected chi connectivity index (χ0v) is 67.4. The number of carbonyl (C=O) groups excluding carboxylic acids is 12. The lowest BCUT2D eigenvalue weighted by molar-refractivity contribution is -0.870. The average molecular weight is 1590 g/mol. The number of fused-ring (bicyclic) bond motifs is 16. The third-order valence-electron chi connectivity index (χ3n) is 22.6. The van der Waals surface area contributed by atoms with Gasteiger partial charge in [0.05, 0.1) is 78.5 Å². The van der Waals surface area contributed by atoms with Crippen molar-refractivity contribution in [2.45, 2.75) is 204 Å². The molecule has 2 fully saturated rings. The molecule has 0 saturated carbocycles. The molecule has 0 spiro atoms. The van der Waals surface area contributed by atoms with E-state index in [9.17, 15) is 38.7 Å². The number of Topliss-reactive ketones (excluding diaryl/α,β-unsaturated/α-hetero) is 4. The summed E-state index contributed by atoms with van der Waals surface area (Å²) in [6.45, 7) is 6.36. The molecule has 115 heavy (non-hydrogen) atoms. The van der Waals surface area contributed by atoms with Crippen molar-refractivity contribution in [1.82, 2.24) is 45.9 Å². The molecular formula is C87H114FN10O17+. The van der Waals surface area contributed by atoms with Crippen LogP contribution in [-0.4, -0.2) is 235 Å². The van der Waals surface area contributed by atoms with Gasteiger partial charge in [0.15, 0.2) is 11.6 Å². The van der Waals surface area contributed by atoms with Crippen LogP contribution in [0.2, 0.25) is 0 Å². The van der Waals surface area contributed by atoms with E-state index in [2.05, 4.69) is 47.7 Å². The first-order valence-electron chi connectivity index (χ1n) is 40.5. The number of rotatable bonds is 16. The van der Waals surface area contributed by atoms with Crippen LogP contribution in [0, 0.1) is 17.7 Å². The zero-order chi connectivity index (χ0) is 82.5. The summed E-state index contributed by atoms with van der Waals surface area (Å²) in [6, 6.07) is 17.9. The molecule has 2 saturated heterocycles. The largest absolute Gasteiger partial charge is 0.497 e. The molecule has 11 rings (SSSR count). The fourth-order valence-corrected chi connectivity index (χ4v) is 15.8. The number of benzene rings is 4. The summed E-state index contributed by atoms with van der Waals surface area (Å²) in [7, 11) is 7.67. The van der Waals surface area contributed by atoms with Crippen molar-refractivity contribution in [3.8, 4) is 5.75 Å². The molecule has 8 amide bonds. The predicted octanol–water partition coefficient (Wildman–Crippen LogP) is 5.85. The number of carbonyl (C=O) groups is 12. The van der Waals surface area contributed by atoms with Crippen LogP contribution in [0.1, 0.15) is 144 Å². The number of ether oxygens (including phenoxy) is 4. The molecule has 27 nitrogen and oxygen atoms in total. The van der Waals surface area contributed by atoms with E-state index in [4.69, 9.17) is 18.9 Å². The Bertz CT molecular complexity index is 4330. The molecule has 0 aliphatic carbocycles. The summed E-state index contributed by atoms with van der Waals surface area (Å²) in [5, 5.41) is 26.0. The number of likely N-dealkylation sites (N-methyl/N-ethyl adjacent to an activating group) is 1. The fourth-order valence-electron chi connectivity index (χ4n) is 15.8. The van der Waals surface area contributed by atoms with Crippen LogP contribution in [0.4, 0.5) is 4.39 Å². The number of methoxy groups -OCH3 is 1. The van der Waals surface area contributed by atoms with Gasteiger partial charge in [-0.15, -0.1) is 0 Å². The van der Waals surface area contributed by atoms with E-state index >= 15 is 28.4 Å². The van der Waals surface area contributed by atoms with Crippen molar-refractivity contribution in [1.29, 1.82) is 0 Å². The number of aliphatic hydroxyl groups is 1. The van der Waals surface area contributed by atoms with Gasteiger partial charge in [-0.05, 0) is 149 Å². The Morgan fingerprint density at radius 1 is 0.713 bits per heavy atom. The number of aromatic nitrogens is 1. The fraction of sp³-hybridized carbons (Fsp3) is 0.540. The molecular weight excluding hydrogens is 1480 g/mol. The van der Waals surface area contributed by atoms with Crippen molar-refractivity contribution in [3.63, 3.8) is 0 Å². The highest BCUT2D eigenvalue weighted by molar-refractivity contribution is 6.00. The van der Waals surface area contributed by atoms with E-state index in [-0.39, 0.29) is 141 Å². The van der Waals surface area contributed by atoms with Gasteiger partial charge in [-0.2, -0.15) is 0 Å². The van der Waals surface area contributed by atoms with Gasteiger partial charge in [-0.3, -0.25) is 57.5 Å². The zero-order valence-electron chi connectivity index (χ0n) is 67.4. The summed E-state index contributed by atoms with van der Waals surface area (Å²) in [5.41, 5.74) is 3.09. The molecule has 1 aromatic heterocycles. The van der Waals surface area contributed by atoms with E-state index in [1.165, 1.54) is 42.9 Å². The van der Waals surface area contributed by atoms with Crippen molar-refractivity contribution >= 4 is 81.3 Å². The molecule has 7 heterocycles. The first kappa shape index (κ1) is 87.5. The highest BCUT2D eigenvalue weighted by Crippen LogP contribution is 2.35. The highest BCUT2D eigenvalue weighted by atomic mass is 19.1. The molecule has 6 N–H and O–H groups in total. The Kier molecular flexibility index (Phi) is 31.3. The number of hydrogen-bond donors (Lipinski definition) is 6. The molecule has 620 valence electrons. The van der Waals surface area contributed by atoms with Gasteiger partial charge in [0.2, 0.25) is 47.3 Å². The maximum Gasteiger partial charge on any atom is 0.246 e. The first-order valence-corrected chi connectivity index (χ1v) is 40.5. The van der Waals surface area contributed by atoms with Crippen LogP contribution in [0.15, 0.2) is 109 Å². The third kappa shape index (κ3) is 24.6. The molecule has 6 aliphatic heterocycles. The molecule has 10 atom stereocenters. The summed E-state index contributed by atoms with van der Waals surface area (Å²) < 4.78 is 41.5. The second kappa shape index (κ2) is 41.1. The van der Waals surface area contributed by atoms with Crippen molar-refractivity contribution in [2.24, 2.45) is 11.8 Å². The SMILES string of the molecule is COc1ccc(C[C@@H]2NC(=O)[C@H]([C@@H](C)O)NC(=O)[C@@H]3[C@@H]4CCN3C(=O)[C@H]3CC(=O)[C@H](Cc5cccc(c5)CNC(=O)CO4)NC(=O)[C@@H](C)NC(=O)[C@H](CCC(=O)CCOCCOCC[N+](C)(C)C)CC(=O)CCC(=O)N(CCCC=CCn4cc(c5cc(F)ccc54)C3)Cc3ccc(cc3)CCCC(=O)[C@]3(C)CCCN3C2=O)cc1. The summed E-state index contributed by atoms with van der Waals surface area (Å²) in [4.78, 5) is 183. The molecule has 28 heteroatoms. The number of nitrogens with zero attached hydrogens (tertiary/aromatic N) is 5. The maximum absolute atomic E-state index is 16.2. The third-order valence-corrected chi connectivity index (χ3v) is 22.6. The van der Waals surface area contributed by atoms with E-state index in [0.29, 0.717) is 90.6 Å². The van der Waals surface area contributed by atoms with E-state index in [0.717, 1.165) is 22.2 Å². The molecule has 0 unspecified atom stereocenters. The van der Waals surface area contributed by atoms with Crippen molar-refractivity contribution in [3.05, 3.63) is 149 Å². The van der Waals surface area contributed by atoms with Gasteiger partial charge in [-0.1, -0.05) is 72.8 Å². The maximum atomic E-state index is 16.2. The number of allylic oxidation sites excluding steroid dienone is 2. The average Bonchev–Trinajstić information content (AvgIpc) is 1.69. The van der Waals surface area contributed by atoms with Gasteiger partial charge >= 0.3 is 0 Å². The number of hydrogen-bond acceptors (Lipinski definition) is 17. The Balaban J connectivity index is 1.05. The van der Waals surface area contributed by atoms with E-state index in [1.807, 2.05) is 41.0 Å². The van der Waals surface area contributed by atoms with Gasteiger partial charge in [0, 0.05) is 120 Å². The van der Waals surface area contributed by atoms with Gasteiger partial charge < -0.3 is 74.4 Å².